The zero-order valence-corrected chi connectivity index (χ0v) is 23.0. The highest BCUT2D eigenvalue weighted by Crippen LogP contribution is 2.50. The molecule has 0 aromatic heterocycles. The Morgan fingerprint density at radius 3 is 2.35 bits per heavy atom. The van der Waals surface area contributed by atoms with Crippen molar-refractivity contribution in [1.82, 2.24) is 9.62 Å². The van der Waals surface area contributed by atoms with E-state index in [-0.39, 0.29) is 29.7 Å². The van der Waals surface area contributed by atoms with Gasteiger partial charge in [0.25, 0.3) is 5.91 Å². The average molecular weight is 566 g/mol. The van der Waals surface area contributed by atoms with E-state index in [1.54, 1.807) is 36.9 Å². The lowest BCUT2D eigenvalue weighted by Crippen LogP contribution is -2.54. The van der Waals surface area contributed by atoms with Crippen LogP contribution in [0, 0.1) is 5.92 Å². The van der Waals surface area contributed by atoms with E-state index >= 15 is 0 Å². The van der Waals surface area contributed by atoms with Gasteiger partial charge in [0.15, 0.2) is 0 Å². The van der Waals surface area contributed by atoms with E-state index in [9.17, 15) is 23.1 Å². The first kappa shape index (κ1) is 27.6. The molecule has 3 atom stereocenters. The van der Waals surface area contributed by atoms with Crippen molar-refractivity contribution in [1.29, 1.82) is 0 Å². The Balaban J connectivity index is 1.93. The van der Waals surface area contributed by atoms with Crippen LogP contribution < -0.4 is 4.72 Å². The second-order valence-corrected chi connectivity index (χ2v) is 12.6. The van der Waals surface area contributed by atoms with E-state index in [0.29, 0.717) is 15.6 Å². The molecule has 0 spiro atoms. The van der Waals surface area contributed by atoms with Gasteiger partial charge < -0.3 is 10.0 Å². The molecule has 1 aliphatic heterocycles. The molecule has 0 saturated heterocycles. The number of rotatable bonds is 10. The van der Waals surface area contributed by atoms with Crippen LogP contribution in [0.3, 0.4) is 0 Å². The van der Waals surface area contributed by atoms with Crippen molar-refractivity contribution in [2.24, 2.45) is 5.92 Å². The Kier molecular flexibility index (Phi) is 8.33. The SMILES string of the molecule is CCS(=O)(=O)NCC(C1CC1)N1C(=O)C(CC(=O)O)=C(C)[C@H](c2cccc(Cl)c2)[C@H]1c1ccc(Cl)cc1. The molecule has 2 aliphatic rings. The smallest absolute Gasteiger partial charge is 0.308 e. The highest BCUT2D eigenvalue weighted by Gasteiger charge is 2.48. The number of carbonyl (C=O) groups is 2. The highest BCUT2D eigenvalue weighted by molar-refractivity contribution is 7.89. The lowest BCUT2D eigenvalue weighted by molar-refractivity contribution is -0.140. The minimum Gasteiger partial charge on any atom is -0.481 e. The predicted molar refractivity (Wildman–Crippen MR) is 144 cm³/mol. The van der Waals surface area contributed by atoms with Crippen LogP contribution in [0.2, 0.25) is 10.0 Å². The van der Waals surface area contributed by atoms with Gasteiger partial charge in [-0.25, -0.2) is 13.1 Å². The number of carbonyl (C=O) groups excluding carboxylic acids is 1. The normalized spacial score (nSPS) is 21.3. The molecule has 0 radical (unpaired) electrons. The summed E-state index contributed by atoms with van der Waals surface area (Å²) >= 11 is 12.6. The molecule has 198 valence electrons. The summed E-state index contributed by atoms with van der Waals surface area (Å²) in [6.45, 7) is 3.41. The van der Waals surface area contributed by atoms with E-state index < -0.39 is 40.4 Å². The summed E-state index contributed by atoms with van der Waals surface area (Å²) in [5.41, 5.74) is 2.54. The first-order valence-electron chi connectivity index (χ1n) is 12.2. The first-order valence-corrected chi connectivity index (χ1v) is 14.7. The molecule has 1 aliphatic carbocycles. The summed E-state index contributed by atoms with van der Waals surface area (Å²) in [5.74, 6) is -1.86. The molecule has 2 aromatic carbocycles. The van der Waals surface area contributed by atoms with Gasteiger partial charge in [0.05, 0.1) is 18.2 Å². The molecule has 1 amide bonds. The lowest BCUT2D eigenvalue weighted by atomic mass is 9.75. The Bertz CT molecular complexity index is 1320. The number of amides is 1. The summed E-state index contributed by atoms with van der Waals surface area (Å²) in [6, 6.07) is 13.6. The van der Waals surface area contributed by atoms with Crippen molar-refractivity contribution in [3.63, 3.8) is 0 Å². The highest BCUT2D eigenvalue weighted by atomic mass is 35.5. The number of carboxylic acid groups (broad SMARTS) is 1. The quantitative estimate of drug-likeness (QED) is 0.414. The molecule has 37 heavy (non-hydrogen) atoms. The number of carboxylic acids is 1. The Morgan fingerprint density at radius 1 is 1.11 bits per heavy atom. The van der Waals surface area contributed by atoms with Gasteiger partial charge in [0.1, 0.15) is 0 Å². The number of aliphatic carboxylic acids is 1. The van der Waals surface area contributed by atoms with Gasteiger partial charge in [-0.15, -0.1) is 0 Å². The van der Waals surface area contributed by atoms with Gasteiger partial charge in [0.2, 0.25) is 10.0 Å². The molecule has 2 aromatic rings. The van der Waals surface area contributed by atoms with Crippen LogP contribution in [0.15, 0.2) is 59.7 Å². The van der Waals surface area contributed by atoms with Gasteiger partial charge in [-0.1, -0.05) is 53.0 Å². The number of hydrogen-bond donors (Lipinski definition) is 2. The van der Waals surface area contributed by atoms with Crippen molar-refractivity contribution < 1.29 is 23.1 Å². The number of nitrogens with zero attached hydrogens (tertiary/aromatic N) is 1. The third-order valence-electron chi connectivity index (χ3n) is 7.21. The molecule has 4 rings (SSSR count). The average Bonchev–Trinajstić information content (AvgIpc) is 3.68. The summed E-state index contributed by atoms with van der Waals surface area (Å²) < 4.78 is 27.4. The van der Waals surface area contributed by atoms with Crippen LogP contribution in [-0.2, 0) is 19.6 Å². The number of halogens is 2. The fraction of sp³-hybridized carbons (Fsp3) is 0.407. The van der Waals surface area contributed by atoms with Crippen molar-refractivity contribution in [3.8, 4) is 0 Å². The zero-order chi connectivity index (χ0) is 26.9. The molecule has 2 N–H and O–H groups in total. The van der Waals surface area contributed by atoms with E-state index in [1.807, 2.05) is 30.3 Å². The molecule has 1 fully saturated rings. The van der Waals surface area contributed by atoms with Crippen molar-refractivity contribution >= 4 is 45.1 Å². The van der Waals surface area contributed by atoms with Gasteiger partial charge in [0, 0.05) is 34.1 Å². The predicted octanol–water partition coefficient (Wildman–Crippen LogP) is 5.17. The lowest BCUT2D eigenvalue weighted by Gasteiger charge is -2.47. The summed E-state index contributed by atoms with van der Waals surface area (Å²) in [6.07, 6.45) is 1.28. The van der Waals surface area contributed by atoms with Crippen LogP contribution in [0.25, 0.3) is 0 Å². The molecular formula is C27H30Cl2N2O5S. The topological polar surface area (TPSA) is 104 Å². The number of hydrogen-bond acceptors (Lipinski definition) is 4. The minimum absolute atomic E-state index is 0.0539. The molecule has 1 heterocycles. The van der Waals surface area contributed by atoms with Crippen LogP contribution >= 0.6 is 23.2 Å². The van der Waals surface area contributed by atoms with Crippen LogP contribution in [-0.4, -0.2) is 48.6 Å². The third-order valence-corrected chi connectivity index (χ3v) is 9.07. The van der Waals surface area contributed by atoms with Crippen LogP contribution in [0.4, 0.5) is 0 Å². The molecular weight excluding hydrogens is 535 g/mol. The van der Waals surface area contributed by atoms with E-state index in [4.69, 9.17) is 23.2 Å². The van der Waals surface area contributed by atoms with Crippen molar-refractivity contribution in [3.05, 3.63) is 80.8 Å². The minimum atomic E-state index is -3.51. The number of nitrogens with one attached hydrogen (secondary N) is 1. The standard InChI is InChI=1S/C27H30Cl2N2O5S/c1-3-37(35,36)30-15-23(17-7-8-17)31-26(18-9-11-20(28)12-10-18)25(19-5-4-6-21(29)13-19)16(2)22(27(31)34)14-24(32)33/h4-6,9-13,17,23,25-26,30H,3,7-8,14-15H2,1-2H3,(H,32,33)/t23?,25-,26-/m1/s1. The van der Waals surface area contributed by atoms with Crippen molar-refractivity contribution in [2.45, 2.75) is 51.1 Å². The van der Waals surface area contributed by atoms with E-state index in [2.05, 4.69) is 4.72 Å². The molecule has 0 bridgehead atoms. The van der Waals surface area contributed by atoms with Gasteiger partial charge in [-0.2, -0.15) is 0 Å². The Hall–Kier alpha value is -2.39. The number of benzene rings is 2. The van der Waals surface area contributed by atoms with Crippen molar-refractivity contribution in [2.75, 3.05) is 12.3 Å². The maximum atomic E-state index is 14.1. The summed E-state index contributed by atoms with van der Waals surface area (Å²) in [7, 11) is -3.51. The zero-order valence-electron chi connectivity index (χ0n) is 20.7. The number of sulfonamides is 1. The van der Waals surface area contributed by atoms with E-state index in [0.717, 1.165) is 24.0 Å². The Labute approximate surface area is 227 Å². The largest absolute Gasteiger partial charge is 0.481 e. The van der Waals surface area contributed by atoms with Crippen LogP contribution in [0.1, 0.15) is 56.2 Å². The summed E-state index contributed by atoms with van der Waals surface area (Å²) in [4.78, 5) is 27.7. The maximum absolute atomic E-state index is 14.1. The van der Waals surface area contributed by atoms with Gasteiger partial charge >= 0.3 is 5.97 Å². The fourth-order valence-electron chi connectivity index (χ4n) is 5.19. The molecule has 1 saturated carbocycles. The van der Waals surface area contributed by atoms with Gasteiger partial charge in [-0.05, 0) is 68.0 Å². The second kappa shape index (κ2) is 11.2. The molecule has 1 unspecified atom stereocenters. The molecule has 10 heteroatoms. The maximum Gasteiger partial charge on any atom is 0.308 e. The first-order chi connectivity index (χ1) is 17.5. The Morgan fingerprint density at radius 2 is 1.78 bits per heavy atom. The van der Waals surface area contributed by atoms with Crippen LogP contribution in [0.5, 0.6) is 0 Å². The van der Waals surface area contributed by atoms with E-state index in [1.165, 1.54) is 0 Å². The summed E-state index contributed by atoms with van der Waals surface area (Å²) in [5, 5.41) is 10.7. The molecule has 7 nitrogen and oxygen atoms in total. The third kappa shape index (κ3) is 6.20. The van der Waals surface area contributed by atoms with Gasteiger partial charge in [-0.3, -0.25) is 9.59 Å². The monoisotopic (exact) mass is 564 g/mol. The fourth-order valence-corrected chi connectivity index (χ4v) is 6.15. The second-order valence-electron chi connectivity index (χ2n) is 9.63.